The number of morpholine rings is 1. The van der Waals surface area contributed by atoms with Gasteiger partial charge in [-0.05, 0) is 51.7 Å². The summed E-state index contributed by atoms with van der Waals surface area (Å²) >= 11 is 0. The third kappa shape index (κ3) is 3.69. The molecule has 2 heterocycles. The first-order chi connectivity index (χ1) is 11.0. The molecule has 0 spiro atoms. The van der Waals surface area contributed by atoms with Crippen molar-refractivity contribution in [3.05, 3.63) is 29.8 Å². The molecule has 5 nitrogen and oxygen atoms in total. The highest BCUT2D eigenvalue weighted by Gasteiger charge is 2.45. The Morgan fingerprint density at radius 1 is 1.22 bits per heavy atom. The maximum atomic E-state index is 11.2. The second kappa shape index (κ2) is 6.77. The van der Waals surface area contributed by atoms with Gasteiger partial charge in [0, 0.05) is 18.6 Å². The first-order valence-electron chi connectivity index (χ1n) is 8.38. The van der Waals surface area contributed by atoms with Crippen LogP contribution in [-0.4, -0.2) is 74.5 Å². The molecule has 2 aliphatic rings. The van der Waals surface area contributed by atoms with Crippen molar-refractivity contribution in [2.75, 3.05) is 47.5 Å². The fourth-order valence-electron chi connectivity index (χ4n) is 3.59. The van der Waals surface area contributed by atoms with E-state index in [1.54, 1.807) is 0 Å². The summed E-state index contributed by atoms with van der Waals surface area (Å²) in [6.07, 6.45) is 1.45. The largest absolute Gasteiger partial charge is 0.492 e. The Labute approximate surface area is 138 Å². The van der Waals surface area contributed by atoms with Gasteiger partial charge in [-0.3, -0.25) is 4.90 Å². The standard InChI is InChI=1S/C18H28N2O3/c1-19(2)8-9-23-17-6-4-14(5-7-17)18(21)10-15-12-22-13-16(11-18)20(15)3/h4-7,15-16,21H,8-13H2,1-3H3. The van der Waals surface area contributed by atoms with Crippen LogP contribution >= 0.6 is 0 Å². The minimum Gasteiger partial charge on any atom is -0.492 e. The smallest absolute Gasteiger partial charge is 0.119 e. The second-order valence-electron chi connectivity index (χ2n) is 7.13. The zero-order valence-corrected chi connectivity index (χ0v) is 14.4. The number of piperidine rings is 1. The van der Waals surface area contributed by atoms with Crippen LogP contribution in [0.4, 0.5) is 0 Å². The van der Waals surface area contributed by atoms with Gasteiger partial charge in [-0.15, -0.1) is 0 Å². The highest BCUT2D eigenvalue weighted by atomic mass is 16.5. The van der Waals surface area contributed by atoms with E-state index in [9.17, 15) is 5.11 Å². The van der Waals surface area contributed by atoms with Gasteiger partial charge in [0.25, 0.3) is 0 Å². The number of benzene rings is 1. The summed E-state index contributed by atoms with van der Waals surface area (Å²) in [6.45, 7) is 2.98. The minimum atomic E-state index is -0.756. The molecule has 128 valence electrons. The zero-order chi connectivity index (χ0) is 16.4. The first-order valence-corrected chi connectivity index (χ1v) is 8.38. The average molecular weight is 320 g/mol. The van der Waals surface area contributed by atoms with Crippen LogP contribution in [0.15, 0.2) is 24.3 Å². The monoisotopic (exact) mass is 320 g/mol. The number of ether oxygens (including phenoxy) is 2. The van der Waals surface area contributed by atoms with E-state index < -0.39 is 5.60 Å². The molecule has 23 heavy (non-hydrogen) atoms. The molecule has 0 saturated carbocycles. The van der Waals surface area contributed by atoms with Crippen molar-refractivity contribution in [2.24, 2.45) is 0 Å². The van der Waals surface area contributed by atoms with Crippen molar-refractivity contribution < 1.29 is 14.6 Å². The summed E-state index contributed by atoms with van der Waals surface area (Å²) in [7, 11) is 6.20. The number of hydrogen-bond donors (Lipinski definition) is 1. The van der Waals surface area contributed by atoms with Gasteiger partial charge in [-0.2, -0.15) is 0 Å². The van der Waals surface area contributed by atoms with Crippen LogP contribution in [0.3, 0.4) is 0 Å². The number of hydrogen-bond acceptors (Lipinski definition) is 5. The Morgan fingerprint density at radius 2 is 1.83 bits per heavy atom. The van der Waals surface area contributed by atoms with Gasteiger partial charge in [-0.1, -0.05) is 12.1 Å². The maximum absolute atomic E-state index is 11.2. The van der Waals surface area contributed by atoms with Crippen molar-refractivity contribution in [3.8, 4) is 5.75 Å². The first kappa shape index (κ1) is 16.7. The number of aliphatic hydroxyl groups is 1. The number of fused-ring (bicyclic) bond motifs is 2. The third-order valence-corrected chi connectivity index (χ3v) is 5.12. The fraction of sp³-hybridized carbons (Fsp3) is 0.667. The predicted molar refractivity (Wildman–Crippen MR) is 89.8 cm³/mol. The summed E-state index contributed by atoms with van der Waals surface area (Å²) in [4.78, 5) is 4.45. The SMILES string of the molecule is CN(C)CCOc1ccc(C2(O)CC3COCC(C2)N3C)cc1. The Balaban J connectivity index is 1.66. The van der Waals surface area contributed by atoms with Crippen LogP contribution in [0.1, 0.15) is 18.4 Å². The Morgan fingerprint density at radius 3 is 2.39 bits per heavy atom. The summed E-state index contributed by atoms with van der Waals surface area (Å²) in [5, 5.41) is 11.2. The molecule has 1 N–H and O–H groups in total. The third-order valence-electron chi connectivity index (χ3n) is 5.12. The normalized spacial score (nSPS) is 31.3. The lowest BCUT2D eigenvalue weighted by Crippen LogP contribution is -2.59. The molecule has 1 aromatic carbocycles. The van der Waals surface area contributed by atoms with Gasteiger partial charge in [0.05, 0.1) is 18.8 Å². The molecule has 0 aliphatic carbocycles. The van der Waals surface area contributed by atoms with Crippen molar-refractivity contribution >= 4 is 0 Å². The highest BCUT2D eigenvalue weighted by molar-refractivity contribution is 5.32. The van der Waals surface area contributed by atoms with Crippen LogP contribution in [-0.2, 0) is 10.3 Å². The molecule has 0 radical (unpaired) electrons. The Hall–Kier alpha value is -1.14. The van der Waals surface area contributed by atoms with E-state index >= 15 is 0 Å². The van der Waals surface area contributed by atoms with Crippen molar-refractivity contribution in [1.82, 2.24) is 9.80 Å². The minimum absolute atomic E-state index is 0.295. The van der Waals surface area contributed by atoms with Gasteiger partial charge in [0.2, 0.25) is 0 Å². The predicted octanol–water partition coefficient (Wildman–Crippen LogP) is 1.31. The summed E-state index contributed by atoms with van der Waals surface area (Å²) in [5.74, 6) is 0.857. The van der Waals surface area contributed by atoms with Crippen molar-refractivity contribution in [3.63, 3.8) is 0 Å². The van der Waals surface area contributed by atoms with Crippen molar-refractivity contribution in [2.45, 2.75) is 30.5 Å². The average Bonchev–Trinajstić information content (AvgIpc) is 2.49. The topological polar surface area (TPSA) is 45.2 Å². The summed E-state index contributed by atoms with van der Waals surface area (Å²) in [5.41, 5.74) is 0.232. The number of likely N-dealkylation sites (N-methyl/N-ethyl adjacent to an activating group) is 2. The van der Waals surface area contributed by atoms with Crippen LogP contribution in [0, 0.1) is 0 Å². The van der Waals surface area contributed by atoms with E-state index in [1.807, 2.05) is 38.4 Å². The van der Waals surface area contributed by atoms with E-state index in [-0.39, 0.29) is 0 Å². The molecule has 2 fully saturated rings. The van der Waals surface area contributed by atoms with Gasteiger partial charge in [0.1, 0.15) is 12.4 Å². The fourth-order valence-corrected chi connectivity index (χ4v) is 3.59. The number of nitrogens with zero attached hydrogens (tertiary/aromatic N) is 2. The molecule has 2 unspecified atom stereocenters. The summed E-state index contributed by atoms with van der Waals surface area (Å²) in [6, 6.07) is 8.54. The second-order valence-corrected chi connectivity index (χ2v) is 7.13. The Kier molecular flexibility index (Phi) is 4.92. The lowest BCUT2D eigenvalue weighted by molar-refractivity contribution is -0.137. The lowest BCUT2D eigenvalue weighted by Gasteiger charge is -2.50. The Bertz CT molecular complexity index is 504. The van der Waals surface area contributed by atoms with Gasteiger partial charge >= 0.3 is 0 Å². The molecule has 2 aliphatic heterocycles. The van der Waals surface area contributed by atoms with E-state index in [2.05, 4.69) is 16.8 Å². The highest BCUT2D eigenvalue weighted by Crippen LogP contribution is 2.40. The molecule has 5 heteroatoms. The molecular weight excluding hydrogens is 292 g/mol. The van der Waals surface area contributed by atoms with E-state index in [1.165, 1.54) is 0 Å². The molecule has 0 aromatic heterocycles. The van der Waals surface area contributed by atoms with Gasteiger partial charge in [0.15, 0.2) is 0 Å². The molecule has 2 bridgehead atoms. The molecular formula is C18H28N2O3. The van der Waals surface area contributed by atoms with E-state index in [0.29, 0.717) is 31.9 Å². The van der Waals surface area contributed by atoms with Crippen LogP contribution < -0.4 is 4.74 Å². The van der Waals surface area contributed by atoms with Gasteiger partial charge in [-0.25, -0.2) is 0 Å². The lowest BCUT2D eigenvalue weighted by atomic mass is 9.77. The van der Waals surface area contributed by atoms with E-state index in [0.717, 1.165) is 30.7 Å². The molecule has 0 amide bonds. The zero-order valence-electron chi connectivity index (χ0n) is 14.4. The summed E-state index contributed by atoms with van der Waals surface area (Å²) < 4.78 is 11.4. The van der Waals surface area contributed by atoms with Crippen molar-refractivity contribution in [1.29, 1.82) is 0 Å². The van der Waals surface area contributed by atoms with E-state index in [4.69, 9.17) is 9.47 Å². The molecule has 2 saturated heterocycles. The quantitative estimate of drug-likeness (QED) is 0.886. The number of rotatable bonds is 5. The van der Waals surface area contributed by atoms with Crippen LogP contribution in [0.2, 0.25) is 0 Å². The van der Waals surface area contributed by atoms with Gasteiger partial charge < -0.3 is 19.5 Å². The maximum Gasteiger partial charge on any atom is 0.119 e. The van der Waals surface area contributed by atoms with Crippen LogP contribution in [0.5, 0.6) is 5.75 Å². The molecule has 3 rings (SSSR count). The van der Waals surface area contributed by atoms with Crippen LogP contribution in [0.25, 0.3) is 0 Å². The molecule has 1 aromatic rings. The molecule has 2 atom stereocenters.